The van der Waals surface area contributed by atoms with Gasteiger partial charge in [-0.15, -0.1) is 0 Å². The molecule has 1 aliphatic carbocycles. The van der Waals surface area contributed by atoms with Crippen molar-refractivity contribution in [2.24, 2.45) is 29.6 Å². The maximum absolute atomic E-state index is 14.3. The number of esters is 1. The first-order chi connectivity index (χ1) is 26.5. The number of fused-ring (bicyclic) bond motifs is 3. The van der Waals surface area contributed by atoms with Crippen molar-refractivity contribution in [1.29, 1.82) is 0 Å². The van der Waals surface area contributed by atoms with Crippen LogP contribution < -0.4 is 0 Å². The molecule has 318 valence electrons. The number of cyclic esters (lactones) is 1. The Bertz CT molecular complexity index is 1430. The number of amides is 1. The SMILES string of the molecule is CC[C@@H]1C=C(C)C[C@H](C)C[C@H](OC)[C@H]2O[C@](O)(C(=O)C(=O)N3CCCC[C@H]3C(=O)O[C@H](/C(C)=C/[C@@H]3CC[C@@H](O)[C@H](OC)C3)[C@H](C)[C@@H](O)CC1=O)[C@H](C)C[C@@H]2OC. The van der Waals surface area contributed by atoms with Gasteiger partial charge in [-0.05, 0) is 95.5 Å². The van der Waals surface area contributed by atoms with E-state index in [9.17, 15) is 34.5 Å². The molecule has 3 aliphatic heterocycles. The van der Waals surface area contributed by atoms with Crippen LogP contribution in [0.5, 0.6) is 0 Å². The van der Waals surface area contributed by atoms with Crippen LogP contribution in [0.4, 0.5) is 0 Å². The largest absolute Gasteiger partial charge is 0.456 e. The van der Waals surface area contributed by atoms with E-state index in [0.29, 0.717) is 56.9 Å². The molecular weight excluding hydrogens is 722 g/mol. The highest BCUT2D eigenvalue weighted by molar-refractivity contribution is 6.39. The lowest BCUT2D eigenvalue weighted by Gasteiger charge is -2.47. The van der Waals surface area contributed by atoms with E-state index < -0.39 is 83.9 Å². The Morgan fingerprint density at radius 3 is 2.21 bits per heavy atom. The summed E-state index contributed by atoms with van der Waals surface area (Å²) in [7, 11) is 4.63. The molecule has 0 unspecified atom stereocenters. The Morgan fingerprint density at radius 1 is 0.911 bits per heavy atom. The molecule has 0 aromatic carbocycles. The van der Waals surface area contributed by atoms with Crippen molar-refractivity contribution >= 4 is 23.4 Å². The standard InChI is InChI=1S/C43H69NO12/c1-10-30-18-24(2)17-25(3)19-36(53-8)39-37(54-9)21-27(5)43(51,56-39)40(48)41(49)44-16-12-11-13-31(44)42(50)55-38(28(6)33(46)23-34(30)47)26(4)20-29-14-15-32(45)35(22-29)52-7/h18,20,25,27-33,35-39,45-46,51H,10-17,19,21-23H2,1-9H3/b24-18?,26-20+/t25-,27+,28+,29-,30+,31-,32+,33-,35+,36-,37-,38+,39+,43-/m0/s1. The second-order valence-electron chi connectivity index (χ2n) is 17.2. The van der Waals surface area contributed by atoms with E-state index in [1.165, 1.54) is 19.1 Å². The summed E-state index contributed by atoms with van der Waals surface area (Å²) >= 11 is 0. The van der Waals surface area contributed by atoms with Crippen LogP contribution in [0.15, 0.2) is 23.3 Å². The summed E-state index contributed by atoms with van der Waals surface area (Å²) < 4.78 is 29.7. The smallest absolute Gasteiger partial charge is 0.329 e. The highest BCUT2D eigenvalue weighted by Gasteiger charge is 2.56. The summed E-state index contributed by atoms with van der Waals surface area (Å²) in [5.74, 6) is -7.50. The van der Waals surface area contributed by atoms with Gasteiger partial charge in [0, 0.05) is 52.0 Å². The molecule has 3 heterocycles. The number of aliphatic hydroxyl groups is 3. The van der Waals surface area contributed by atoms with E-state index in [1.54, 1.807) is 21.0 Å². The molecule has 2 saturated heterocycles. The van der Waals surface area contributed by atoms with Gasteiger partial charge in [0.2, 0.25) is 5.79 Å². The fraction of sp³-hybridized carbons (Fsp3) is 0.814. The topological polar surface area (TPSA) is 178 Å². The first-order valence-corrected chi connectivity index (χ1v) is 20.8. The van der Waals surface area contributed by atoms with Gasteiger partial charge in [-0.2, -0.15) is 0 Å². The fourth-order valence-electron chi connectivity index (χ4n) is 9.39. The fourth-order valence-corrected chi connectivity index (χ4v) is 9.39. The molecular formula is C43H69NO12. The number of piperidine rings is 1. The number of carbonyl (C=O) groups excluding carboxylic acids is 4. The number of nitrogens with zero attached hydrogens (tertiary/aromatic N) is 1. The average Bonchev–Trinajstić information content (AvgIpc) is 3.18. The van der Waals surface area contributed by atoms with Crippen LogP contribution >= 0.6 is 0 Å². The van der Waals surface area contributed by atoms with Crippen molar-refractivity contribution in [3.63, 3.8) is 0 Å². The van der Waals surface area contributed by atoms with Crippen molar-refractivity contribution in [2.45, 2.75) is 167 Å². The Hall–Kier alpha value is -2.52. The van der Waals surface area contributed by atoms with Gasteiger partial charge in [0.15, 0.2) is 0 Å². The van der Waals surface area contributed by atoms with E-state index in [1.807, 2.05) is 32.9 Å². The number of methoxy groups -OCH3 is 3. The first kappa shape index (κ1) is 46.2. The molecule has 2 bridgehead atoms. The summed E-state index contributed by atoms with van der Waals surface area (Å²) in [6.07, 6.45) is 3.72. The number of ether oxygens (including phenoxy) is 5. The van der Waals surface area contributed by atoms with Gasteiger partial charge in [-0.3, -0.25) is 14.4 Å². The van der Waals surface area contributed by atoms with Gasteiger partial charge in [-0.25, -0.2) is 4.79 Å². The van der Waals surface area contributed by atoms with E-state index in [0.717, 1.165) is 5.57 Å². The number of aliphatic hydroxyl groups excluding tert-OH is 2. The van der Waals surface area contributed by atoms with Crippen LogP contribution in [-0.2, 0) is 42.9 Å². The second kappa shape index (κ2) is 20.4. The van der Waals surface area contributed by atoms with Crippen LogP contribution in [0, 0.1) is 29.6 Å². The molecule has 0 aromatic rings. The minimum Gasteiger partial charge on any atom is -0.456 e. The van der Waals surface area contributed by atoms with Crippen molar-refractivity contribution < 1.29 is 58.2 Å². The quantitative estimate of drug-likeness (QED) is 0.196. The van der Waals surface area contributed by atoms with Crippen molar-refractivity contribution in [3.8, 4) is 0 Å². The van der Waals surface area contributed by atoms with E-state index >= 15 is 0 Å². The second-order valence-corrected chi connectivity index (χ2v) is 17.2. The van der Waals surface area contributed by atoms with Gasteiger partial charge in [0.1, 0.15) is 24.0 Å². The predicted octanol–water partition coefficient (Wildman–Crippen LogP) is 4.47. The molecule has 3 N–H and O–H groups in total. The van der Waals surface area contributed by atoms with Crippen molar-refractivity contribution in [3.05, 3.63) is 23.3 Å². The predicted molar refractivity (Wildman–Crippen MR) is 208 cm³/mol. The van der Waals surface area contributed by atoms with Gasteiger partial charge in [-0.1, -0.05) is 45.4 Å². The highest BCUT2D eigenvalue weighted by Crippen LogP contribution is 2.39. The number of allylic oxidation sites excluding steroid dienone is 3. The molecule has 0 aromatic heterocycles. The number of hydrogen-bond donors (Lipinski definition) is 3. The Kier molecular flexibility index (Phi) is 16.9. The molecule has 13 nitrogen and oxygen atoms in total. The van der Waals surface area contributed by atoms with Gasteiger partial charge >= 0.3 is 5.97 Å². The third-order valence-electron chi connectivity index (χ3n) is 12.9. The molecule has 0 radical (unpaired) electrons. The third kappa shape index (κ3) is 10.7. The monoisotopic (exact) mass is 791 g/mol. The Morgan fingerprint density at radius 2 is 1.57 bits per heavy atom. The summed E-state index contributed by atoms with van der Waals surface area (Å²) in [5, 5.41) is 34.1. The van der Waals surface area contributed by atoms with E-state index in [-0.39, 0.29) is 49.5 Å². The number of hydrogen-bond acceptors (Lipinski definition) is 12. The maximum atomic E-state index is 14.3. The van der Waals surface area contributed by atoms with Crippen molar-refractivity contribution in [1.82, 2.24) is 4.90 Å². The molecule has 56 heavy (non-hydrogen) atoms. The van der Waals surface area contributed by atoms with Crippen LogP contribution in [0.25, 0.3) is 0 Å². The minimum atomic E-state index is -2.50. The van der Waals surface area contributed by atoms with Gasteiger partial charge in [0.05, 0.1) is 30.5 Å². The van der Waals surface area contributed by atoms with Crippen molar-refractivity contribution in [2.75, 3.05) is 27.9 Å². The highest BCUT2D eigenvalue weighted by atomic mass is 16.7. The number of carbonyl (C=O) groups is 4. The zero-order valence-electron chi connectivity index (χ0n) is 35.1. The van der Waals surface area contributed by atoms with E-state index in [4.69, 9.17) is 23.7 Å². The average molecular weight is 792 g/mol. The summed E-state index contributed by atoms with van der Waals surface area (Å²) in [6, 6.07) is -1.13. The van der Waals surface area contributed by atoms with Crippen LogP contribution in [0.3, 0.4) is 0 Å². The maximum Gasteiger partial charge on any atom is 0.329 e. The molecule has 3 fully saturated rings. The summed E-state index contributed by atoms with van der Waals surface area (Å²) in [5.41, 5.74) is 1.66. The number of rotatable bonds is 6. The molecule has 14 atom stereocenters. The normalized spacial score (nSPS) is 40.6. The van der Waals surface area contributed by atoms with E-state index in [2.05, 4.69) is 6.92 Å². The number of ketones is 2. The van der Waals surface area contributed by atoms with Crippen LogP contribution in [0.2, 0.25) is 0 Å². The zero-order chi connectivity index (χ0) is 41.5. The summed E-state index contributed by atoms with van der Waals surface area (Å²) in [4.78, 5) is 57.6. The Balaban J connectivity index is 1.76. The lowest BCUT2D eigenvalue weighted by molar-refractivity contribution is -0.302. The first-order valence-electron chi connectivity index (χ1n) is 20.8. The lowest BCUT2D eigenvalue weighted by atomic mass is 9.81. The number of Topliss-reactive ketones (excluding diaryl/α,β-unsaturated/α-hetero) is 2. The lowest BCUT2D eigenvalue weighted by Crippen LogP contribution is -2.64. The molecule has 1 amide bonds. The molecule has 4 rings (SSSR count). The molecule has 4 aliphatic rings. The summed E-state index contributed by atoms with van der Waals surface area (Å²) in [6.45, 7) is 11.3. The van der Waals surface area contributed by atoms with Gasteiger partial charge in [0.25, 0.3) is 11.7 Å². The van der Waals surface area contributed by atoms with Crippen LogP contribution in [0.1, 0.15) is 112 Å². The Labute approximate surface area is 333 Å². The third-order valence-corrected chi connectivity index (χ3v) is 12.9. The zero-order valence-corrected chi connectivity index (χ0v) is 35.1. The minimum absolute atomic E-state index is 0.000914. The molecule has 1 saturated carbocycles. The van der Waals surface area contributed by atoms with Crippen LogP contribution in [-0.4, -0.2) is 126 Å². The molecule has 13 heteroatoms. The van der Waals surface area contributed by atoms with Gasteiger partial charge < -0.3 is 43.9 Å². The molecule has 0 spiro atoms.